The highest BCUT2D eigenvalue weighted by atomic mass is 16.5. The molecular formula is C15H12N4O3. The van der Waals surface area contributed by atoms with Crippen molar-refractivity contribution in [3.63, 3.8) is 0 Å². The molecule has 1 amide bonds. The molecule has 2 aromatic carbocycles. The first-order chi connectivity index (χ1) is 10.5. The highest BCUT2D eigenvalue weighted by Gasteiger charge is 2.22. The number of carbonyl (C=O) groups excluding carboxylic acids is 1. The Hall–Kier alpha value is -3.53. The second-order valence-corrected chi connectivity index (χ2v) is 4.18. The summed E-state index contributed by atoms with van der Waals surface area (Å²) in [5.74, 6) is -1.43. The summed E-state index contributed by atoms with van der Waals surface area (Å²) in [5, 5.41) is 9.92. The molecule has 0 fully saturated rings. The number of guanidine groups is 1. The van der Waals surface area contributed by atoms with Gasteiger partial charge in [0.2, 0.25) is 5.69 Å². The van der Waals surface area contributed by atoms with Gasteiger partial charge in [-0.05, 0) is 24.3 Å². The molecule has 7 heteroatoms. The van der Waals surface area contributed by atoms with Crippen LogP contribution in [0.25, 0.3) is 4.85 Å². The van der Waals surface area contributed by atoms with E-state index in [1.54, 1.807) is 30.3 Å². The van der Waals surface area contributed by atoms with Crippen molar-refractivity contribution in [2.45, 2.75) is 0 Å². The number of aromatic hydroxyl groups is 1. The Bertz CT molecular complexity index is 775. The van der Waals surface area contributed by atoms with Gasteiger partial charge in [-0.1, -0.05) is 18.2 Å². The fraction of sp³-hybridized carbons (Fsp3) is 0. The summed E-state index contributed by atoms with van der Waals surface area (Å²) < 4.78 is 5.57. The largest absolute Gasteiger partial charge is 0.507 e. The first-order valence-corrected chi connectivity index (χ1v) is 6.13. The highest BCUT2D eigenvalue weighted by Crippen LogP contribution is 2.40. The fourth-order valence-electron chi connectivity index (χ4n) is 1.74. The molecule has 7 nitrogen and oxygen atoms in total. The Balaban J connectivity index is 2.59. The quantitative estimate of drug-likeness (QED) is 0.456. The van der Waals surface area contributed by atoms with Gasteiger partial charge in [0.15, 0.2) is 11.7 Å². The number of rotatable bonds is 3. The molecule has 0 aliphatic rings. The zero-order valence-electron chi connectivity index (χ0n) is 11.4. The van der Waals surface area contributed by atoms with Crippen LogP contribution < -0.4 is 16.2 Å². The van der Waals surface area contributed by atoms with E-state index in [9.17, 15) is 9.90 Å². The number of carbonyl (C=O) groups is 1. The molecule has 0 saturated heterocycles. The third-order valence-corrected chi connectivity index (χ3v) is 2.64. The van der Waals surface area contributed by atoms with Gasteiger partial charge in [0, 0.05) is 0 Å². The molecule has 22 heavy (non-hydrogen) atoms. The summed E-state index contributed by atoms with van der Waals surface area (Å²) >= 11 is 0. The molecule has 0 saturated carbocycles. The maximum absolute atomic E-state index is 12.1. The van der Waals surface area contributed by atoms with Gasteiger partial charge < -0.3 is 21.3 Å². The van der Waals surface area contributed by atoms with Crippen LogP contribution in [0.5, 0.6) is 17.2 Å². The highest BCUT2D eigenvalue weighted by molar-refractivity contribution is 6.06. The third-order valence-electron chi connectivity index (χ3n) is 2.64. The van der Waals surface area contributed by atoms with Crippen LogP contribution in [-0.4, -0.2) is 17.0 Å². The van der Waals surface area contributed by atoms with Crippen molar-refractivity contribution in [1.29, 1.82) is 0 Å². The molecule has 0 aromatic heterocycles. The topological polar surface area (TPSA) is 115 Å². The first-order valence-electron chi connectivity index (χ1n) is 6.13. The molecule has 2 aromatic rings. The van der Waals surface area contributed by atoms with E-state index in [1.165, 1.54) is 12.1 Å². The minimum atomic E-state index is -0.895. The predicted octanol–water partition coefficient (Wildman–Crippen LogP) is 2.15. The number of benzene rings is 2. The molecule has 2 rings (SSSR count). The Morgan fingerprint density at radius 3 is 2.45 bits per heavy atom. The van der Waals surface area contributed by atoms with Crippen LogP contribution in [0.4, 0.5) is 5.69 Å². The molecule has 0 radical (unpaired) electrons. The van der Waals surface area contributed by atoms with Crippen LogP contribution >= 0.6 is 0 Å². The number of nitrogens with zero attached hydrogens (tertiary/aromatic N) is 2. The molecule has 5 N–H and O–H groups in total. The Morgan fingerprint density at radius 2 is 1.86 bits per heavy atom. The van der Waals surface area contributed by atoms with E-state index in [-0.39, 0.29) is 22.7 Å². The first kappa shape index (κ1) is 14.9. The van der Waals surface area contributed by atoms with E-state index in [0.717, 1.165) is 0 Å². The van der Waals surface area contributed by atoms with Gasteiger partial charge in [-0.25, -0.2) is 4.85 Å². The second-order valence-electron chi connectivity index (χ2n) is 4.18. The number of nitrogens with two attached hydrogens (primary N) is 2. The van der Waals surface area contributed by atoms with Crippen molar-refractivity contribution in [1.82, 2.24) is 0 Å². The molecule has 0 spiro atoms. The van der Waals surface area contributed by atoms with Crippen LogP contribution in [0.2, 0.25) is 0 Å². The minimum Gasteiger partial charge on any atom is -0.507 e. The molecule has 0 aliphatic heterocycles. The molecule has 110 valence electrons. The number of amides is 1. The van der Waals surface area contributed by atoms with E-state index < -0.39 is 11.9 Å². The predicted molar refractivity (Wildman–Crippen MR) is 81.0 cm³/mol. The van der Waals surface area contributed by atoms with E-state index in [2.05, 4.69) is 9.84 Å². The summed E-state index contributed by atoms with van der Waals surface area (Å²) in [7, 11) is 0. The van der Waals surface area contributed by atoms with Crippen LogP contribution in [0, 0.1) is 6.57 Å². The number of hydrogen-bond acceptors (Lipinski definition) is 3. The Kier molecular flexibility index (Phi) is 4.24. The normalized spacial score (nSPS) is 9.59. The average Bonchev–Trinajstić information content (AvgIpc) is 2.48. The number of ether oxygens (including phenoxy) is 1. The molecule has 0 unspecified atom stereocenters. The monoisotopic (exact) mass is 296 g/mol. The van der Waals surface area contributed by atoms with Crippen molar-refractivity contribution >= 4 is 17.6 Å². The summed E-state index contributed by atoms with van der Waals surface area (Å²) in [6.45, 7) is 7.17. The average molecular weight is 296 g/mol. The smallest absolute Gasteiger partial charge is 0.286 e. The van der Waals surface area contributed by atoms with Crippen LogP contribution in [0.15, 0.2) is 47.5 Å². The van der Waals surface area contributed by atoms with Crippen molar-refractivity contribution in [2.75, 3.05) is 0 Å². The SMILES string of the molecule is [C-]#[N+]c1ccc(O)c(C(=O)N=C(N)N)c1Oc1ccccc1. The molecule has 0 atom stereocenters. The maximum atomic E-state index is 12.1. The van der Waals surface area contributed by atoms with Crippen LogP contribution in [-0.2, 0) is 0 Å². The van der Waals surface area contributed by atoms with E-state index in [0.29, 0.717) is 5.75 Å². The van der Waals surface area contributed by atoms with Gasteiger partial charge in [0.1, 0.15) is 17.1 Å². The zero-order valence-corrected chi connectivity index (χ0v) is 11.4. The molecule has 0 bridgehead atoms. The van der Waals surface area contributed by atoms with Crippen molar-refractivity contribution < 1.29 is 14.6 Å². The van der Waals surface area contributed by atoms with Crippen molar-refractivity contribution in [3.05, 3.63) is 59.4 Å². The summed E-state index contributed by atoms with van der Waals surface area (Å²) in [4.78, 5) is 18.7. The van der Waals surface area contributed by atoms with E-state index >= 15 is 0 Å². The van der Waals surface area contributed by atoms with Gasteiger partial charge in [0.05, 0.1) is 6.57 Å². The van der Waals surface area contributed by atoms with E-state index in [1.807, 2.05) is 0 Å². The van der Waals surface area contributed by atoms with Gasteiger partial charge >= 0.3 is 0 Å². The summed E-state index contributed by atoms with van der Waals surface area (Å²) in [6.07, 6.45) is 0. The Labute approximate surface area is 126 Å². The third kappa shape index (κ3) is 3.13. The standard InChI is InChI=1S/C15H12N4O3/c1-18-10-7-8-11(20)12(14(21)19-15(16)17)13(10)22-9-5-3-2-4-6-9/h2-8,20H,(H4,16,17,19,21). The number of aliphatic imine (C=N–C) groups is 1. The van der Waals surface area contributed by atoms with Crippen molar-refractivity contribution in [3.8, 4) is 17.2 Å². The lowest BCUT2D eigenvalue weighted by Gasteiger charge is -2.12. The number of para-hydroxylation sites is 1. The minimum absolute atomic E-state index is 0.0517. The second kappa shape index (κ2) is 6.28. The van der Waals surface area contributed by atoms with E-state index in [4.69, 9.17) is 22.8 Å². The Morgan fingerprint density at radius 1 is 1.18 bits per heavy atom. The molecular weight excluding hydrogens is 284 g/mol. The number of phenols is 1. The van der Waals surface area contributed by atoms with Crippen LogP contribution in [0.1, 0.15) is 10.4 Å². The van der Waals surface area contributed by atoms with Crippen LogP contribution in [0.3, 0.4) is 0 Å². The lowest BCUT2D eigenvalue weighted by molar-refractivity contribution is 0.0998. The summed E-state index contributed by atoms with van der Waals surface area (Å²) in [5.41, 5.74) is 10.1. The number of phenolic OH excluding ortho intramolecular Hbond substituents is 1. The zero-order chi connectivity index (χ0) is 16.1. The maximum Gasteiger partial charge on any atom is 0.286 e. The summed E-state index contributed by atoms with van der Waals surface area (Å²) in [6, 6.07) is 11.1. The molecule has 0 heterocycles. The van der Waals surface area contributed by atoms with Gasteiger partial charge in [0.25, 0.3) is 5.91 Å². The lowest BCUT2D eigenvalue weighted by Crippen LogP contribution is -2.24. The fourth-order valence-corrected chi connectivity index (χ4v) is 1.74. The molecule has 0 aliphatic carbocycles. The van der Waals surface area contributed by atoms with Gasteiger partial charge in [-0.3, -0.25) is 4.79 Å². The van der Waals surface area contributed by atoms with Crippen molar-refractivity contribution in [2.24, 2.45) is 16.5 Å². The number of hydrogen-bond donors (Lipinski definition) is 3. The van der Waals surface area contributed by atoms with Gasteiger partial charge in [-0.15, -0.1) is 0 Å². The lowest BCUT2D eigenvalue weighted by atomic mass is 10.1. The van der Waals surface area contributed by atoms with Gasteiger partial charge in [-0.2, -0.15) is 4.99 Å².